The summed E-state index contributed by atoms with van der Waals surface area (Å²) in [7, 11) is 0. The Hall–Kier alpha value is -3.02. The fourth-order valence-electron chi connectivity index (χ4n) is 3.02. The molecular weight excluding hydrogens is 302 g/mol. The molecule has 6 nitrogen and oxygen atoms in total. The number of rotatable bonds is 2. The zero-order valence-electron chi connectivity index (χ0n) is 13.2. The molecule has 0 unspecified atom stereocenters. The largest absolute Gasteiger partial charge is 0.351 e. The van der Waals surface area contributed by atoms with E-state index in [9.17, 15) is 4.79 Å². The van der Waals surface area contributed by atoms with E-state index in [1.54, 1.807) is 18.5 Å². The summed E-state index contributed by atoms with van der Waals surface area (Å²) in [5.74, 6) is 0.872. The maximum absolute atomic E-state index is 12.5. The van der Waals surface area contributed by atoms with Gasteiger partial charge in [0.25, 0.3) is 5.91 Å². The maximum atomic E-state index is 12.5. The van der Waals surface area contributed by atoms with E-state index in [4.69, 9.17) is 0 Å². The minimum Gasteiger partial charge on any atom is -0.351 e. The van der Waals surface area contributed by atoms with Crippen LogP contribution in [0.5, 0.6) is 0 Å². The Kier molecular flexibility index (Phi) is 3.78. The third-order valence-electron chi connectivity index (χ3n) is 4.30. The number of aromatic nitrogens is 3. The first-order valence-electron chi connectivity index (χ1n) is 7.98. The molecule has 0 N–H and O–H groups in total. The number of anilines is 1. The van der Waals surface area contributed by atoms with Gasteiger partial charge in [0.15, 0.2) is 5.82 Å². The van der Waals surface area contributed by atoms with Crippen molar-refractivity contribution in [2.45, 2.75) is 0 Å². The second-order valence-corrected chi connectivity index (χ2v) is 5.75. The smallest absolute Gasteiger partial charge is 0.272 e. The Morgan fingerprint density at radius 1 is 0.958 bits per heavy atom. The van der Waals surface area contributed by atoms with Crippen LogP contribution in [-0.2, 0) is 0 Å². The molecule has 0 saturated carbocycles. The second-order valence-electron chi connectivity index (χ2n) is 5.75. The molecule has 2 aromatic heterocycles. The molecule has 1 fully saturated rings. The molecule has 1 aliphatic heterocycles. The van der Waals surface area contributed by atoms with Crippen molar-refractivity contribution in [1.29, 1.82) is 0 Å². The minimum absolute atomic E-state index is 0.0146. The van der Waals surface area contributed by atoms with Crippen molar-refractivity contribution in [2.24, 2.45) is 0 Å². The third-order valence-corrected chi connectivity index (χ3v) is 4.30. The van der Waals surface area contributed by atoms with E-state index >= 15 is 0 Å². The van der Waals surface area contributed by atoms with Crippen LogP contribution in [0, 0.1) is 0 Å². The van der Waals surface area contributed by atoms with Crippen LogP contribution in [0.4, 0.5) is 5.82 Å². The molecule has 0 spiro atoms. The standard InChI is InChI=1S/C18H17N5O/c24-18(16-7-3-4-8-19-16)23-11-9-22(10-12-23)17-15-6-2-1-5-14(15)13-20-21-17/h1-8,13H,9-12H2. The Morgan fingerprint density at radius 2 is 1.75 bits per heavy atom. The molecule has 1 aromatic carbocycles. The molecule has 0 aliphatic carbocycles. The number of pyridine rings is 1. The van der Waals surface area contributed by atoms with Crippen molar-refractivity contribution in [3.63, 3.8) is 0 Å². The van der Waals surface area contributed by atoms with Gasteiger partial charge in [0, 0.05) is 43.1 Å². The number of benzene rings is 1. The van der Waals surface area contributed by atoms with Gasteiger partial charge in [0.1, 0.15) is 5.69 Å². The van der Waals surface area contributed by atoms with E-state index in [2.05, 4.69) is 26.1 Å². The van der Waals surface area contributed by atoms with Crippen LogP contribution >= 0.6 is 0 Å². The van der Waals surface area contributed by atoms with Crippen LogP contribution in [0.25, 0.3) is 10.8 Å². The number of hydrogen-bond acceptors (Lipinski definition) is 5. The first kappa shape index (κ1) is 14.6. The maximum Gasteiger partial charge on any atom is 0.272 e. The van der Waals surface area contributed by atoms with Gasteiger partial charge in [0.2, 0.25) is 0 Å². The summed E-state index contributed by atoms with van der Waals surface area (Å²) in [6.07, 6.45) is 3.43. The van der Waals surface area contributed by atoms with Crippen LogP contribution in [0.3, 0.4) is 0 Å². The summed E-state index contributed by atoms with van der Waals surface area (Å²) >= 11 is 0. The second kappa shape index (κ2) is 6.23. The number of nitrogens with zero attached hydrogens (tertiary/aromatic N) is 5. The SMILES string of the molecule is O=C(c1ccccn1)N1CCN(c2nncc3ccccc23)CC1. The highest BCUT2D eigenvalue weighted by atomic mass is 16.2. The van der Waals surface area contributed by atoms with E-state index in [1.165, 1.54) is 0 Å². The topological polar surface area (TPSA) is 62.2 Å². The average Bonchev–Trinajstić information content (AvgIpc) is 2.68. The molecule has 4 rings (SSSR count). The van der Waals surface area contributed by atoms with E-state index < -0.39 is 0 Å². The Balaban J connectivity index is 1.51. The fraction of sp³-hybridized carbons (Fsp3) is 0.222. The highest BCUT2D eigenvalue weighted by molar-refractivity contribution is 5.93. The fourth-order valence-corrected chi connectivity index (χ4v) is 3.02. The zero-order valence-corrected chi connectivity index (χ0v) is 13.2. The summed E-state index contributed by atoms with van der Waals surface area (Å²) in [5, 5.41) is 10.6. The lowest BCUT2D eigenvalue weighted by Crippen LogP contribution is -2.49. The number of hydrogen-bond donors (Lipinski definition) is 0. The number of piperazine rings is 1. The predicted molar refractivity (Wildman–Crippen MR) is 91.9 cm³/mol. The summed E-state index contributed by atoms with van der Waals surface area (Å²) in [4.78, 5) is 20.7. The van der Waals surface area contributed by atoms with Crippen molar-refractivity contribution < 1.29 is 4.79 Å². The summed E-state index contributed by atoms with van der Waals surface area (Å²) in [5.41, 5.74) is 0.496. The summed E-state index contributed by atoms with van der Waals surface area (Å²) < 4.78 is 0. The molecule has 24 heavy (non-hydrogen) atoms. The van der Waals surface area contributed by atoms with Gasteiger partial charge in [-0.3, -0.25) is 9.78 Å². The van der Waals surface area contributed by atoms with Gasteiger partial charge >= 0.3 is 0 Å². The highest BCUT2D eigenvalue weighted by Gasteiger charge is 2.24. The normalized spacial score (nSPS) is 14.8. The van der Waals surface area contributed by atoms with E-state index in [0.717, 1.165) is 29.7 Å². The van der Waals surface area contributed by atoms with Crippen molar-refractivity contribution in [1.82, 2.24) is 20.1 Å². The predicted octanol–water partition coefficient (Wildman–Crippen LogP) is 1.99. The van der Waals surface area contributed by atoms with Crippen LogP contribution in [0.2, 0.25) is 0 Å². The van der Waals surface area contributed by atoms with Gasteiger partial charge in [-0.25, -0.2) is 0 Å². The molecule has 3 aromatic rings. The van der Waals surface area contributed by atoms with Gasteiger partial charge in [-0.15, -0.1) is 5.10 Å². The van der Waals surface area contributed by atoms with Gasteiger partial charge in [-0.2, -0.15) is 5.10 Å². The molecule has 0 atom stereocenters. The van der Waals surface area contributed by atoms with Gasteiger partial charge in [-0.05, 0) is 12.1 Å². The molecular formula is C18H17N5O. The monoisotopic (exact) mass is 319 g/mol. The lowest BCUT2D eigenvalue weighted by Gasteiger charge is -2.35. The summed E-state index contributed by atoms with van der Waals surface area (Å²) in [6.45, 7) is 2.78. The Labute approximate surface area is 139 Å². The molecule has 120 valence electrons. The quantitative estimate of drug-likeness (QED) is 0.723. The first-order chi connectivity index (χ1) is 11.8. The van der Waals surface area contributed by atoms with E-state index in [1.807, 2.05) is 35.2 Å². The summed E-state index contributed by atoms with van der Waals surface area (Å²) in [6, 6.07) is 13.5. The Bertz CT molecular complexity index is 854. The molecule has 3 heterocycles. The molecule has 0 radical (unpaired) electrons. The molecule has 1 aliphatic rings. The van der Waals surface area contributed by atoms with Crippen molar-refractivity contribution >= 4 is 22.5 Å². The van der Waals surface area contributed by atoms with E-state index in [-0.39, 0.29) is 5.91 Å². The van der Waals surface area contributed by atoms with Crippen LogP contribution in [-0.4, -0.2) is 52.2 Å². The average molecular weight is 319 g/mol. The number of amides is 1. The highest BCUT2D eigenvalue weighted by Crippen LogP contribution is 2.24. The van der Waals surface area contributed by atoms with Gasteiger partial charge in [0.05, 0.1) is 6.20 Å². The number of fused-ring (bicyclic) bond motifs is 1. The van der Waals surface area contributed by atoms with E-state index in [0.29, 0.717) is 18.8 Å². The van der Waals surface area contributed by atoms with Crippen molar-refractivity contribution in [3.8, 4) is 0 Å². The molecule has 1 amide bonds. The molecule has 6 heteroatoms. The minimum atomic E-state index is -0.0146. The van der Waals surface area contributed by atoms with Gasteiger partial charge < -0.3 is 9.80 Å². The van der Waals surface area contributed by atoms with Crippen LogP contribution in [0.1, 0.15) is 10.5 Å². The van der Waals surface area contributed by atoms with Crippen LogP contribution < -0.4 is 4.90 Å². The zero-order chi connectivity index (χ0) is 16.4. The first-order valence-corrected chi connectivity index (χ1v) is 7.98. The molecule has 0 bridgehead atoms. The number of carbonyl (C=O) groups is 1. The lowest BCUT2D eigenvalue weighted by molar-refractivity contribution is 0.0740. The number of carbonyl (C=O) groups excluding carboxylic acids is 1. The van der Waals surface area contributed by atoms with Crippen molar-refractivity contribution in [2.75, 3.05) is 31.1 Å². The van der Waals surface area contributed by atoms with Crippen molar-refractivity contribution in [3.05, 3.63) is 60.6 Å². The van der Waals surface area contributed by atoms with Crippen LogP contribution in [0.15, 0.2) is 54.9 Å². The van der Waals surface area contributed by atoms with Gasteiger partial charge in [-0.1, -0.05) is 30.3 Å². The molecule has 1 saturated heterocycles. The Morgan fingerprint density at radius 3 is 2.54 bits per heavy atom. The lowest BCUT2D eigenvalue weighted by atomic mass is 10.1. The third kappa shape index (κ3) is 2.67.